The van der Waals surface area contributed by atoms with Gasteiger partial charge in [0.25, 0.3) is 11.6 Å². The van der Waals surface area contributed by atoms with E-state index in [2.05, 4.69) is 5.32 Å². The minimum absolute atomic E-state index is 0.0536. The van der Waals surface area contributed by atoms with Crippen molar-refractivity contribution < 1.29 is 23.7 Å². The highest BCUT2D eigenvalue weighted by molar-refractivity contribution is 6.02. The van der Waals surface area contributed by atoms with E-state index in [4.69, 9.17) is 9.15 Å². The second kappa shape index (κ2) is 8.83. The zero-order chi connectivity index (χ0) is 20.8. The van der Waals surface area contributed by atoms with Gasteiger partial charge in [0.15, 0.2) is 5.76 Å². The first kappa shape index (κ1) is 19.8. The molecule has 0 saturated carbocycles. The van der Waals surface area contributed by atoms with Gasteiger partial charge < -0.3 is 14.5 Å². The number of hydrogen-bond donors (Lipinski definition) is 1. The maximum atomic E-state index is 12.4. The lowest BCUT2D eigenvalue weighted by molar-refractivity contribution is -0.384. The minimum Gasteiger partial charge on any atom is -0.462 e. The number of carbonyl (C=O) groups is 2. The number of nitro groups is 1. The number of nitrogens with one attached hydrogen (secondary N) is 1. The molecule has 0 aliphatic heterocycles. The quantitative estimate of drug-likeness (QED) is 0.354. The number of nitro benzene ring substituents is 1. The Morgan fingerprint density at radius 2 is 1.86 bits per heavy atom. The van der Waals surface area contributed by atoms with E-state index in [9.17, 15) is 19.7 Å². The molecule has 1 N–H and O–H groups in total. The molecule has 2 aromatic carbocycles. The lowest BCUT2D eigenvalue weighted by Gasteiger charge is -2.06. The molecule has 0 bridgehead atoms. The summed E-state index contributed by atoms with van der Waals surface area (Å²) in [6, 6.07) is 15.3. The number of amides is 1. The van der Waals surface area contributed by atoms with Crippen molar-refractivity contribution in [3.63, 3.8) is 0 Å². The van der Waals surface area contributed by atoms with Crippen LogP contribution in [0.4, 0.5) is 11.4 Å². The lowest BCUT2D eigenvalue weighted by atomic mass is 10.1. The zero-order valence-corrected chi connectivity index (χ0v) is 15.6. The largest absolute Gasteiger partial charge is 0.462 e. The van der Waals surface area contributed by atoms with Crippen molar-refractivity contribution in [1.29, 1.82) is 0 Å². The number of furan rings is 1. The van der Waals surface area contributed by atoms with Crippen molar-refractivity contribution in [2.24, 2.45) is 0 Å². The van der Waals surface area contributed by atoms with E-state index in [0.717, 1.165) is 6.42 Å². The maximum absolute atomic E-state index is 12.4. The Bertz CT molecular complexity index is 1040. The Labute approximate surface area is 166 Å². The second-order valence-corrected chi connectivity index (χ2v) is 6.14. The standard InChI is InChI=1S/C21H18N2O6/c1-2-12-28-21(25)14-6-8-16(9-7-14)22-20(24)19-11-10-18(29-19)15-4-3-5-17(13-15)23(26)27/h3-11,13H,2,12H2,1H3,(H,22,24). The molecular weight excluding hydrogens is 376 g/mol. The first-order valence-electron chi connectivity index (χ1n) is 8.91. The third kappa shape index (κ3) is 4.86. The third-order valence-corrected chi connectivity index (χ3v) is 3.99. The van der Waals surface area contributed by atoms with Gasteiger partial charge in [0.2, 0.25) is 0 Å². The number of ether oxygens (including phenoxy) is 1. The van der Waals surface area contributed by atoms with Gasteiger partial charge in [-0.15, -0.1) is 0 Å². The summed E-state index contributed by atoms with van der Waals surface area (Å²) in [7, 11) is 0. The zero-order valence-electron chi connectivity index (χ0n) is 15.6. The summed E-state index contributed by atoms with van der Waals surface area (Å²) in [5.41, 5.74) is 1.30. The van der Waals surface area contributed by atoms with Crippen LogP contribution in [0.2, 0.25) is 0 Å². The molecule has 0 fully saturated rings. The van der Waals surface area contributed by atoms with Crippen molar-refractivity contribution in [2.45, 2.75) is 13.3 Å². The van der Waals surface area contributed by atoms with Gasteiger partial charge >= 0.3 is 5.97 Å². The van der Waals surface area contributed by atoms with Crippen LogP contribution in [0.1, 0.15) is 34.3 Å². The molecule has 3 rings (SSSR count). The summed E-state index contributed by atoms with van der Waals surface area (Å²) in [6.45, 7) is 2.26. The van der Waals surface area contributed by atoms with E-state index in [0.29, 0.717) is 29.2 Å². The molecule has 0 unspecified atom stereocenters. The van der Waals surface area contributed by atoms with Crippen LogP contribution in [0.3, 0.4) is 0 Å². The predicted octanol–water partition coefficient (Wildman–Crippen LogP) is 4.67. The molecular formula is C21H18N2O6. The van der Waals surface area contributed by atoms with Gasteiger partial charge in [0.1, 0.15) is 5.76 Å². The molecule has 0 radical (unpaired) electrons. The van der Waals surface area contributed by atoms with Crippen molar-refractivity contribution in [2.75, 3.05) is 11.9 Å². The van der Waals surface area contributed by atoms with E-state index in [1.54, 1.807) is 42.5 Å². The van der Waals surface area contributed by atoms with Gasteiger partial charge in [-0.05, 0) is 42.8 Å². The predicted molar refractivity (Wildman–Crippen MR) is 106 cm³/mol. The summed E-state index contributed by atoms with van der Waals surface area (Å²) in [6.07, 6.45) is 0.737. The Kier molecular flexibility index (Phi) is 6.03. The lowest BCUT2D eigenvalue weighted by Crippen LogP contribution is -2.11. The number of benzene rings is 2. The van der Waals surface area contributed by atoms with Gasteiger partial charge in [-0.2, -0.15) is 0 Å². The fourth-order valence-electron chi connectivity index (χ4n) is 2.55. The van der Waals surface area contributed by atoms with E-state index in [1.807, 2.05) is 6.92 Å². The van der Waals surface area contributed by atoms with Crippen molar-refractivity contribution >= 4 is 23.3 Å². The first-order chi connectivity index (χ1) is 14.0. The van der Waals surface area contributed by atoms with Crippen molar-refractivity contribution in [1.82, 2.24) is 0 Å². The van der Waals surface area contributed by atoms with Crippen LogP contribution >= 0.6 is 0 Å². The SMILES string of the molecule is CCCOC(=O)c1ccc(NC(=O)c2ccc(-c3cccc([N+](=O)[O-])c3)o2)cc1. The van der Waals surface area contributed by atoms with Crippen LogP contribution in [0.25, 0.3) is 11.3 Å². The van der Waals surface area contributed by atoms with E-state index >= 15 is 0 Å². The number of carbonyl (C=O) groups excluding carboxylic acids is 2. The molecule has 8 nitrogen and oxygen atoms in total. The first-order valence-corrected chi connectivity index (χ1v) is 8.91. The summed E-state index contributed by atoms with van der Waals surface area (Å²) >= 11 is 0. The number of esters is 1. The fraction of sp³-hybridized carbons (Fsp3) is 0.143. The van der Waals surface area contributed by atoms with E-state index in [-0.39, 0.29) is 11.4 Å². The summed E-state index contributed by atoms with van der Waals surface area (Å²) in [5, 5.41) is 13.6. The molecule has 29 heavy (non-hydrogen) atoms. The van der Waals surface area contributed by atoms with Gasteiger partial charge in [0.05, 0.1) is 17.1 Å². The number of anilines is 1. The number of non-ortho nitro benzene ring substituents is 1. The molecule has 0 saturated heterocycles. The number of nitrogens with zero attached hydrogens (tertiary/aromatic N) is 1. The Hall–Kier alpha value is -3.94. The van der Waals surface area contributed by atoms with Crippen molar-refractivity contribution in [3.8, 4) is 11.3 Å². The Morgan fingerprint density at radius 1 is 1.10 bits per heavy atom. The topological polar surface area (TPSA) is 112 Å². The fourth-order valence-corrected chi connectivity index (χ4v) is 2.55. The van der Waals surface area contributed by atoms with E-state index < -0.39 is 16.8 Å². The molecule has 0 aliphatic carbocycles. The second-order valence-electron chi connectivity index (χ2n) is 6.14. The molecule has 0 atom stereocenters. The number of rotatable bonds is 7. The molecule has 0 spiro atoms. The van der Waals surface area contributed by atoms with Gasteiger partial charge in [-0.25, -0.2) is 4.79 Å². The van der Waals surface area contributed by atoms with Gasteiger partial charge in [-0.1, -0.05) is 19.1 Å². The summed E-state index contributed by atoms with van der Waals surface area (Å²) in [5.74, 6) is -0.508. The maximum Gasteiger partial charge on any atom is 0.338 e. The minimum atomic E-state index is -0.498. The molecule has 3 aromatic rings. The van der Waals surface area contributed by atoms with Gasteiger partial charge in [0, 0.05) is 23.4 Å². The molecule has 1 heterocycles. The highest BCUT2D eigenvalue weighted by atomic mass is 16.6. The van der Waals surface area contributed by atoms with Crippen molar-refractivity contribution in [3.05, 3.63) is 82.1 Å². The van der Waals surface area contributed by atoms with Crippen LogP contribution in [0.5, 0.6) is 0 Å². The van der Waals surface area contributed by atoms with Crippen LogP contribution in [0.15, 0.2) is 65.1 Å². The average molecular weight is 394 g/mol. The molecule has 1 aromatic heterocycles. The summed E-state index contributed by atoms with van der Waals surface area (Å²) in [4.78, 5) is 34.6. The highest BCUT2D eigenvalue weighted by Crippen LogP contribution is 2.26. The molecule has 148 valence electrons. The van der Waals surface area contributed by atoms with Crippen LogP contribution < -0.4 is 5.32 Å². The normalized spacial score (nSPS) is 10.4. The summed E-state index contributed by atoms with van der Waals surface area (Å²) < 4.78 is 10.6. The van der Waals surface area contributed by atoms with Crippen LogP contribution in [-0.2, 0) is 4.74 Å². The number of hydrogen-bond acceptors (Lipinski definition) is 6. The smallest absolute Gasteiger partial charge is 0.338 e. The molecule has 0 aliphatic rings. The van der Waals surface area contributed by atoms with Crippen LogP contribution in [-0.4, -0.2) is 23.4 Å². The van der Waals surface area contributed by atoms with Crippen LogP contribution in [0, 0.1) is 10.1 Å². The highest BCUT2D eigenvalue weighted by Gasteiger charge is 2.15. The van der Waals surface area contributed by atoms with Gasteiger partial charge in [-0.3, -0.25) is 14.9 Å². The average Bonchev–Trinajstić information content (AvgIpc) is 3.23. The monoisotopic (exact) mass is 394 g/mol. The Morgan fingerprint density at radius 3 is 2.55 bits per heavy atom. The molecule has 8 heteroatoms. The Balaban J connectivity index is 1.68. The third-order valence-electron chi connectivity index (χ3n) is 3.99. The van der Waals surface area contributed by atoms with E-state index in [1.165, 1.54) is 18.2 Å². The molecule has 1 amide bonds.